The zero-order chi connectivity index (χ0) is 14.7. The molecule has 4 heteroatoms. The fraction of sp³-hybridized carbons (Fsp3) is 0.562. The number of nitrogens with one attached hydrogen (secondary N) is 1. The molecule has 4 nitrogen and oxygen atoms in total. The molecule has 2 rings (SSSR count). The van der Waals surface area contributed by atoms with E-state index in [9.17, 15) is 15.0 Å². The number of hydrogen-bond acceptors (Lipinski definition) is 3. The third kappa shape index (κ3) is 3.31. The van der Waals surface area contributed by atoms with E-state index in [-0.39, 0.29) is 11.8 Å². The minimum atomic E-state index is -0.941. The van der Waals surface area contributed by atoms with E-state index in [4.69, 9.17) is 0 Å². The molecule has 1 aromatic rings. The number of aromatic hydroxyl groups is 1. The Morgan fingerprint density at radius 3 is 2.70 bits per heavy atom. The van der Waals surface area contributed by atoms with Crippen molar-refractivity contribution >= 4 is 5.97 Å². The highest BCUT2D eigenvalue weighted by Crippen LogP contribution is 2.30. The van der Waals surface area contributed by atoms with Crippen molar-refractivity contribution in [2.75, 3.05) is 0 Å². The summed E-state index contributed by atoms with van der Waals surface area (Å²) in [5, 5.41) is 22.7. The van der Waals surface area contributed by atoms with E-state index in [1.807, 2.05) is 6.92 Å². The fourth-order valence-corrected chi connectivity index (χ4v) is 2.98. The van der Waals surface area contributed by atoms with Gasteiger partial charge in [-0.2, -0.15) is 0 Å². The molecule has 3 unspecified atom stereocenters. The zero-order valence-electron chi connectivity index (χ0n) is 12.1. The lowest BCUT2D eigenvalue weighted by Crippen LogP contribution is -2.42. The molecule has 0 heterocycles. The van der Waals surface area contributed by atoms with Crippen molar-refractivity contribution in [3.8, 4) is 5.75 Å². The van der Waals surface area contributed by atoms with Gasteiger partial charge in [0, 0.05) is 11.6 Å². The van der Waals surface area contributed by atoms with Crippen LogP contribution in [0.4, 0.5) is 0 Å². The molecule has 0 aromatic heterocycles. The molecule has 0 amide bonds. The van der Waals surface area contributed by atoms with Crippen LogP contribution in [-0.2, 0) is 4.79 Å². The lowest BCUT2D eigenvalue weighted by atomic mass is 9.85. The van der Waals surface area contributed by atoms with Crippen LogP contribution >= 0.6 is 0 Å². The third-order valence-electron chi connectivity index (χ3n) is 4.23. The number of carboxylic acids is 1. The van der Waals surface area contributed by atoms with Crippen molar-refractivity contribution in [3.63, 3.8) is 0 Å². The maximum Gasteiger partial charge on any atom is 0.325 e. The summed E-state index contributed by atoms with van der Waals surface area (Å²) in [6.45, 7) is 4.05. The van der Waals surface area contributed by atoms with Gasteiger partial charge in [-0.05, 0) is 31.7 Å². The van der Waals surface area contributed by atoms with E-state index in [0.29, 0.717) is 11.5 Å². The van der Waals surface area contributed by atoms with Gasteiger partial charge in [-0.1, -0.05) is 37.5 Å². The number of carboxylic acid groups (broad SMARTS) is 1. The van der Waals surface area contributed by atoms with E-state index in [1.54, 1.807) is 18.2 Å². The first-order valence-electron chi connectivity index (χ1n) is 7.27. The first-order chi connectivity index (χ1) is 9.49. The summed E-state index contributed by atoms with van der Waals surface area (Å²) in [4.78, 5) is 11.6. The Morgan fingerprint density at radius 1 is 1.35 bits per heavy atom. The van der Waals surface area contributed by atoms with Crippen LogP contribution in [0.1, 0.15) is 49.8 Å². The molecule has 1 fully saturated rings. The van der Waals surface area contributed by atoms with Gasteiger partial charge in [-0.15, -0.1) is 0 Å². The van der Waals surface area contributed by atoms with Gasteiger partial charge in [0.15, 0.2) is 0 Å². The Kier molecular flexibility index (Phi) is 4.65. The summed E-state index contributed by atoms with van der Waals surface area (Å²) >= 11 is 0. The number of aliphatic carboxylic acids is 1. The van der Waals surface area contributed by atoms with Crippen molar-refractivity contribution in [3.05, 3.63) is 29.3 Å². The Bertz CT molecular complexity index is 487. The van der Waals surface area contributed by atoms with Crippen molar-refractivity contribution in [2.24, 2.45) is 5.92 Å². The number of hydrogen-bond donors (Lipinski definition) is 3. The van der Waals surface area contributed by atoms with Gasteiger partial charge >= 0.3 is 5.97 Å². The molecular weight excluding hydrogens is 254 g/mol. The average Bonchev–Trinajstić information content (AvgIpc) is 2.40. The van der Waals surface area contributed by atoms with Crippen LogP contribution in [0.3, 0.4) is 0 Å². The standard InChI is InChI=1S/C16H23NO3/c1-10-7-8-14(18)12(9-10)15(16(19)20)17-13-6-4-3-5-11(13)2/h7-9,11,13,15,17-18H,3-6H2,1-2H3,(H,19,20). The molecular formula is C16H23NO3. The van der Waals surface area contributed by atoms with E-state index in [1.165, 1.54) is 6.42 Å². The third-order valence-corrected chi connectivity index (χ3v) is 4.23. The van der Waals surface area contributed by atoms with Gasteiger partial charge in [0.25, 0.3) is 0 Å². The second kappa shape index (κ2) is 6.27. The summed E-state index contributed by atoms with van der Waals surface area (Å²) in [7, 11) is 0. The Balaban J connectivity index is 2.22. The number of phenolic OH excluding ortho intramolecular Hbond substituents is 1. The number of carbonyl (C=O) groups is 1. The van der Waals surface area contributed by atoms with Crippen LogP contribution in [-0.4, -0.2) is 22.2 Å². The van der Waals surface area contributed by atoms with Crippen LogP contribution in [0.25, 0.3) is 0 Å². The Labute approximate surface area is 119 Å². The largest absolute Gasteiger partial charge is 0.508 e. The molecule has 1 aliphatic rings. The van der Waals surface area contributed by atoms with E-state index in [0.717, 1.165) is 24.8 Å². The van der Waals surface area contributed by atoms with Gasteiger partial charge in [0.05, 0.1) is 0 Å². The smallest absolute Gasteiger partial charge is 0.325 e. The fourth-order valence-electron chi connectivity index (χ4n) is 2.98. The molecule has 1 saturated carbocycles. The normalized spacial score (nSPS) is 24.3. The van der Waals surface area contributed by atoms with Crippen molar-refractivity contribution in [1.29, 1.82) is 0 Å². The summed E-state index contributed by atoms with van der Waals surface area (Å²) in [6, 6.07) is 4.44. The molecule has 0 radical (unpaired) electrons. The van der Waals surface area contributed by atoms with Gasteiger partial charge in [0.2, 0.25) is 0 Å². The highest BCUT2D eigenvalue weighted by Gasteiger charge is 2.29. The number of benzene rings is 1. The van der Waals surface area contributed by atoms with Gasteiger partial charge in [-0.25, -0.2) is 0 Å². The first kappa shape index (κ1) is 14.9. The molecule has 1 aliphatic carbocycles. The first-order valence-corrected chi connectivity index (χ1v) is 7.27. The number of rotatable bonds is 4. The summed E-state index contributed by atoms with van der Waals surface area (Å²) in [5.41, 5.74) is 1.40. The van der Waals surface area contributed by atoms with Gasteiger partial charge in [0.1, 0.15) is 11.8 Å². The van der Waals surface area contributed by atoms with E-state index in [2.05, 4.69) is 12.2 Å². The van der Waals surface area contributed by atoms with E-state index < -0.39 is 12.0 Å². The van der Waals surface area contributed by atoms with E-state index >= 15 is 0 Å². The van der Waals surface area contributed by atoms with Crippen LogP contribution in [0.15, 0.2) is 18.2 Å². The maximum absolute atomic E-state index is 11.6. The molecule has 3 N–H and O–H groups in total. The van der Waals surface area contributed by atoms with Crippen molar-refractivity contribution in [2.45, 2.75) is 51.6 Å². The molecule has 3 atom stereocenters. The predicted molar refractivity (Wildman–Crippen MR) is 77.8 cm³/mol. The molecule has 0 bridgehead atoms. The highest BCUT2D eigenvalue weighted by atomic mass is 16.4. The van der Waals surface area contributed by atoms with Crippen LogP contribution in [0.2, 0.25) is 0 Å². The predicted octanol–water partition coefficient (Wildman–Crippen LogP) is 2.99. The lowest BCUT2D eigenvalue weighted by Gasteiger charge is -2.32. The molecule has 1 aromatic carbocycles. The average molecular weight is 277 g/mol. The molecule has 20 heavy (non-hydrogen) atoms. The van der Waals surface area contributed by atoms with Gasteiger partial charge < -0.3 is 10.2 Å². The second-order valence-electron chi connectivity index (χ2n) is 5.87. The van der Waals surface area contributed by atoms with Crippen molar-refractivity contribution in [1.82, 2.24) is 5.32 Å². The summed E-state index contributed by atoms with van der Waals surface area (Å²) in [6.07, 6.45) is 4.47. The van der Waals surface area contributed by atoms with Crippen LogP contribution in [0, 0.1) is 12.8 Å². The number of phenols is 1. The zero-order valence-corrected chi connectivity index (χ0v) is 12.1. The quantitative estimate of drug-likeness (QED) is 0.791. The van der Waals surface area contributed by atoms with Crippen molar-refractivity contribution < 1.29 is 15.0 Å². The lowest BCUT2D eigenvalue weighted by molar-refractivity contribution is -0.140. The molecule has 110 valence electrons. The molecule has 0 aliphatic heterocycles. The van der Waals surface area contributed by atoms with Crippen LogP contribution < -0.4 is 5.32 Å². The minimum absolute atomic E-state index is 0.0407. The Hall–Kier alpha value is -1.55. The minimum Gasteiger partial charge on any atom is -0.508 e. The Morgan fingerprint density at radius 2 is 2.05 bits per heavy atom. The highest BCUT2D eigenvalue weighted by molar-refractivity contribution is 5.76. The van der Waals surface area contributed by atoms with Gasteiger partial charge in [-0.3, -0.25) is 10.1 Å². The monoisotopic (exact) mass is 277 g/mol. The van der Waals surface area contributed by atoms with Crippen LogP contribution in [0.5, 0.6) is 5.75 Å². The SMILES string of the molecule is Cc1ccc(O)c(C(NC2CCCCC2C)C(=O)O)c1. The topological polar surface area (TPSA) is 69.6 Å². The summed E-state index contributed by atoms with van der Waals surface area (Å²) in [5.74, 6) is -0.430. The maximum atomic E-state index is 11.6. The molecule has 0 spiro atoms. The number of aryl methyl sites for hydroxylation is 1. The molecule has 0 saturated heterocycles. The summed E-state index contributed by atoms with van der Waals surface area (Å²) < 4.78 is 0. The second-order valence-corrected chi connectivity index (χ2v) is 5.87.